The Labute approximate surface area is 87.5 Å². The molecule has 1 heterocycles. The van der Waals surface area contributed by atoms with Crippen molar-refractivity contribution in [3.8, 4) is 5.88 Å². The number of halogens is 1. The summed E-state index contributed by atoms with van der Waals surface area (Å²) in [4.78, 5) is 4.16. The summed E-state index contributed by atoms with van der Waals surface area (Å²) < 4.78 is 6.57. The standard InChI is InChI=1S/C10H14BrNO/c1-4-8(3)13-10-9(11)7(2)5-6-12-10/h5-6,8H,4H2,1-3H3. The minimum absolute atomic E-state index is 0.214. The average Bonchev–Trinajstić information content (AvgIpc) is 2.13. The van der Waals surface area contributed by atoms with Gasteiger partial charge in [-0.25, -0.2) is 4.98 Å². The maximum atomic E-state index is 5.62. The quantitative estimate of drug-likeness (QED) is 0.813. The van der Waals surface area contributed by atoms with E-state index < -0.39 is 0 Å². The van der Waals surface area contributed by atoms with Crippen LogP contribution in [0.5, 0.6) is 5.88 Å². The Balaban J connectivity index is 2.83. The van der Waals surface area contributed by atoms with Crippen LogP contribution < -0.4 is 4.74 Å². The fourth-order valence-electron chi connectivity index (χ4n) is 0.871. The average molecular weight is 244 g/mol. The third-order valence-electron chi connectivity index (χ3n) is 1.94. The number of hydrogen-bond acceptors (Lipinski definition) is 2. The van der Waals surface area contributed by atoms with E-state index in [1.54, 1.807) is 6.20 Å². The Kier molecular flexibility index (Phi) is 3.72. The van der Waals surface area contributed by atoms with E-state index in [1.165, 1.54) is 0 Å². The summed E-state index contributed by atoms with van der Waals surface area (Å²) in [5.74, 6) is 0.689. The normalized spacial score (nSPS) is 12.6. The molecule has 72 valence electrons. The second-order valence-electron chi connectivity index (χ2n) is 3.08. The van der Waals surface area contributed by atoms with Gasteiger partial charge in [0, 0.05) is 6.20 Å². The van der Waals surface area contributed by atoms with E-state index in [-0.39, 0.29) is 6.10 Å². The molecule has 0 bridgehead atoms. The third-order valence-corrected chi connectivity index (χ3v) is 2.90. The van der Waals surface area contributed by atoms with Crippen LogP contribution in [0.4, 0.5) is 0 Å². The molecule has 0 aliphatic carbocycles. The summed E-state index contributed by atoms with van der Waals surface area (Å²) in [6.07, 6.45) is 2.96. The molecule has 3 heteroatoms. The van der Waals surface area contributed by atoms with Gasteiger partial charge in [-0.15, -0.1) is 0 Å². The van der Waals surface area contributed by atoms with Crippen molar-refractivity contribution in [1.82, 2.24) is 4.98 Å². The molecule has 2 nitrogen and oxygen atoms in total. The first-order chi connectivity index (χ1) is 6.15. The maximum absolute atomic E-state index is 5.62. The van der Waals surface area contributed by atoms with Gasteiger partial charge in [-0.3, -0.25) is 0 Å². The van der Waals surface area contributed by atoms with Crippen molar-refractivity contribution in [2.75, 3.05) is 0 Å². The Morgan fingerprint density at radius 1 is 1.62 bits per heavy atom. The van der Waals surface area contributed by atoms with Crippen LogP contribution in [0.15, 0.2) is 16.7 Å². The zero-order chi connectivity index (χ0) is 9.84. The summed E-state index contributed by atoms with van der Waals surface area (Å²) in [5, 5.41) is 0. The van der Waals surface area contributed by atoms with Crippen molar-refractivity contribution in [3.63, 3.8) is 0 Å². The molecule has 1 rings (SSSR count). The van der Waals surface area contributed by atoms with Crippen LogP contribution in [-0.4, -0.2) is 11.1 Å². The lowest BCUT2D eigenvalue weighted by Gasteiger charge is -2.13. The lowest BCUT2D eigenvalue weighted by Crippen LogP contribution is -2.11. The van der Waals surface area contributed by atoms with Gasteiger partial charge in [0.1, 0.15) is 0 Å². The first kappa shape index (κ1) is 10.5. The lowest BCUT2D eigenvalue weighted by atomic mass is 10.3. The molecule has 0 spiro atoms. The van der Waals surface area contributed by atoms with Gasteiger partial charge < -0.3 is 4.74 Å². The zero-order valence-corrected chi connectivity index (χ0v) is 9.76. The fourth-order valence-corrected chi connectivity index (χ4v) is 1.20. The van der Waals surface area contributed by atoms with E-state index in [4.69, 9.17) is 4.74 Å². The topological polar surface area (TPSA) is 22.1 Å². The number of aromatic nitrogens is 1. The first-order valence-corrected chi connectivity index (χ1v) is 5.22. The largest absolute Gasteiger partial charge is 0.474 e. The van der Waals surface area contributed by atoms with Crippen molar-refractivity contribution in [3.05, 3.63) is 22.3 Å². The number of nitrogens with zero attached hydrogens (tertiary/aromatic N) is 1. The highest BCUT2D eigenvalue weighted by Crippen LogP contribution is 2.26. The highest BCUT2D eigenvalue weighted by Gasteiger charge is 2.07. The van der Waals surface area contributed by atoms with Gasteiger partial charge in [0.15, 0.2) is 0 Å². The predicted molar refractivity (Wildman–Crippen MR) is 57.1 cm³/mol. The van der Waals surface area contributed by atoms with Crippen molar-refractivity contribution >= 4 is 15.9 Å². The van der Waals surface area contributed by atoms with Crippen LogP contribution in [0.25, 0.3) is 0 Å². The molecular weight excluding hydrogens is 230 g/mol. The highest BCUT2D eigenvalue weighted by molar-refractivity contribution is 9.10. The number of hydrogen-bond donors (Lipinski definition) is 0. The number of rotatable bonds is 3. The fraction of sp³-hybridized carbons (Fsp3) is 0.500. The minimum atomic E-state index is 0.214. The van der Waals surface area contributed by atoms with Crippen molar-refractivity contribution in [2.24, 2.45) is 0 Å². The molecular formula is C10H14BrNO. The third kappa shape index (κ3) is 2.69. The summed E-state index contributed by atoms with van der Waals surface area (Å²) in [5.41, 5.74) is 1.15. The van der Waals surface area contributed by atoms with Gasteiger partial charge in [0.05, 0.1) is 10.6 Å². The van der Waals surface area contributed by atoms with E-state index in [1.807, 2.05) is 19.9 Å². The Bertz CT molecular complexity index is 288. The molecule has 0 aliphatic heterocycles. The molecule has 0 amide bonds. The number of aryl methyl sites for hydroxylation is 1. The zero-order valence-electron chi connectivity index (χ0n) is 8.17. The number of ether oxygens (including phenoxy) is 1. The van der Waals surface area contributed by atoms with E-state index in [0.29, 0.717) is 5.88 Å². The smallest absolute Gasteiger partial charge is 0.228 e. The van der Waals surface area contributed by atoms with Crippen molar-refractivity contribution in [1.29, 1.82) is 0 Å². The Morgan fingerprint density at radius 2 is 2.31 bits per heavy atom. The molecule has 1 aromatic heterocycles. The second-order valence-corrected chi connectivity index (χ2v) is 3.88. The van der Waals surface area contributed by atoms with E-state index in [0.717, 1.165) is 16.5 Å². The Morgan fingerprint density at radius 3 is 2.92 bits per heavy atom. The molecule has 0 fully saturated rings. The Hall–Kier alpha value is -0.570. The SMILES string of the molecule is CCC(C)Oc1nccc(C)c1Br. The van der Waals surface area contributed by atoms with E-state index >= 15 is 0 Å². The molecule has 1 atom stereocenters. The summed E-state index contributed by atoms with van der Waals surface area (Å²) in [7, 11) is 0. The van der Waals surface area contributed by atoms with Crippen molar-refractivity contribution < 1.29 is 4.74 Å². The molecule has 0 aliphatic rings. The first-order valence-electron chi connectivity index (χ1n) is 4.43. The van der Waals surface area contributed by atoms with Gasteiger partial charge >= 0.3 is 0 Å². The van der Waals surface area contributed by atoms with Crippen LogP contribution in [0.2, 0.25) is 0 Å². The summed E-state index contributed by atoms with van der Waals surface area (Å²) in [6.45, 7) is 6.15. The summed E-state index contributed by atoms with van der Waals surface area (Å²) >= 11 is 3.45. The predicted octanol–water partition coefficient (Wildman–Crippen LogP) is 3.33. The minimum Gasteiger partial charge on any atom is -0.474 e. The second kappa shape index (κ2) is 4.61. The van der Waals surface area contributed by atoms with Gasteiger partial charge in [-0.2, -0.15) is 0 Å². The van der Waals surface area contributed by atoms with Crippen LogP contribution in [0.1, 0.15) is 25.8 Å². The highest BCUT2D eigenvalue weighted by atomic mass is 79.9. The molecule has 1 aromatic rings. The molecule has 0 saturated heterocycles. The van der Waals surface area contributed by atoms with Crippen LogP contribution in [-0.2, 0) is 0 Å². The molecule has 13 heavy (non-hydrogen) atoms. The van der Waals surface area contributed by atoms with Gasteiger partial charge in [-0.05, 0) is 47.8 Å². The molecule has 1 unspecified atom stereocenters. The molecule has 0 aromatic carbocycles. The molecule has 0 saturated carbocycles. The molecule has 0 N–H and O–H groups in total. The van der Waals surface area contributed by atoms with Crippen LogP contribution in [0, 0.1) is 6.92 Å². The van der Waals surface area contributed by atoms with Crippen LogP contribution in [0.3, 0.4) is 0 Å². The lowest BCUT2D eigenvalue weighted by molar-refractivity contribution is 0.207. The maximum Gasteiger partial charge on any atom is 0.228 e. The van der Waals surface area contributed by atoms with Gasteiger partial charge in [-0.1, -0.05) is 6.92 Å². The number of pyridine rings is 1. The van der Waals surface area contributed by atoms with Gasteiger partial charge in [0.2, 0.25) is 5.88 Å². The monoisotopic (exact) mass is 243 g/mol. The van der Waals surface area contributed by atoms with E-state index in [9.17, 15) is 0 Å². The van der Waals surface area contributed by atoms with E-state index in [2.05, 4.69) is 27.8 Å². The van der Waals surface area contributed by atoms with Crippen molar-refractivity contribution in [2.45, 2.75) is 33.3 Å². The molecule has 0 radical (unpaired) electrons. The summed E-state index contributed by atoms with van der Waals surface area (Å²) in [6, 6.07) is 1.95. The van der Waals surface area contributed by atoms with Crippen LogP contribution >= 0.6 is 15.9 Å². The van der Waals surface area contributed by atoms with Gasteiger partial charge in [0.25, 0.3) is 0 Å².